The van der Waals surface area contributed by atoms with E-state index >= 15 is 0 Å². The summed E-state index contributed by atoms with van der Waals surface area (Å²) in [6, 6.07) is 3.51. The average molecular weight is 316 g/mol. The minimum Gasteiger partial charge on any atom is -0.491 e. The number of ether oxygens (including phenoxy) is 2. The topological polar surface area (TPSA) is 73.7 Å². The highest BCUT2D eigenvalue weighted by Gasteiger charge is 2.11. The molecule has 0 saturated carbocycles. The number of nitrogens with zero attached hydrogens (tertiary/aromatic N) is 1. The molecule has 1 aromatic rings. The van der Waals surface area contributed by atoms with Crippen molar-refractivity contribution in [1.82, 2.24) is 4.90 Å². The largest absolute Gasteiger partial charge is 0.491 e. The lowest BCUT2D eigenvalue weighted by atomic mass is 10.2. The molecule has 1 aliphatic rings. The third kappa shape index (κ3) is 3.51. The normalized spacial score (nSPS) is 16.7. The SMILES string of the molecule is Nc1cc(Br)c(OCCN2CCOCC2)cc1N. The molecule has 1 heterocycles. The van der Waals surface area contributed by atoms with Crippen molar-refractivity contribution < 1.29 is 9.47 Å². The van der Waals surface area contributed by atoms with Crippen LogP contribution in [0.15, 0.2) is 16.6 Å². The van der Waals surface area contributed by atoms with E-state index < -0.39 is 0 Å². The molecule has 1 aliphatic heterocycles. The van der Waals surface area contributed by atoms with Crippen molar-refractivity contribution in [3.8, 4) is 5.75 Å². The molecular weight excluding hydrogens is 298 g/mol. The minimum atomic E-state index is 0.541. The molecule has 0 bridgehead atoms. The van der Waals surface area contributed by atoms with Gasteiger partial charge in [0.15, 0.2) is 0 Å². The molecule has 2 rings (SSSR count). The maximum Gasteiger partial charge on any atom is 0.135 e. The van der Waals surface area contributed by atoms with Crippen LogP contribution in [0.25, 0.3) is 0 Å². The van der Waals surface area contributed by atoms with E-state index in [1.165, 1.54) is 0 Å². The molecule has 6 heteroatoms. The van der Waals surface area contributed by atoms with E-state index in [-0.39, 0.29) is 0 Å². The van der Waals surface area contributed by atoms with Crippen molar-refractivity contribution >= 4 is 27.3 Å². The molecule has 0 atom stereocenters. The van der Waals surface area contributed by atoms with Crippen molar-refractivity contribution in [1.29, 1.82) is 0 Å². The molecule has 0 aliphatic carbocycles. The molecule has 0 spiro atoms. The molecule has 100 valence electrons. The van der Waals surface area contributed by atoms with Crippen LogP contribution < -0.4 is 16.2 Å². The summed E-state index contributed by atoms with van der Waals surface area (Å²) >= 11 is 3.41. The van der Waals surface area contributed by atoms with Crippen LogP contribution in [0.4, 0.5) is 11.4 Å². The minimum absolute atomic E-state index is 0.541. The van der Waals surface area contributed by atoms with Gasteiger partial charge in [0.1, 0.15) is 12.4 Å². The summed E-state index contributed by atoms with van der Waals surface area (Å²) in [6.45, 7) is 5.06. The van der Waals surface area contributed by atoms with E-state index in [9.17, 15) is 0 Å². The molecule has 4 N–H and O–H groups in total. The Kier molecular flexibility index (Phi) is 4.68. The van der Waals surface area contributed by atoms with Crippen molar-refractivity contribution in [2.24, 2.45) is 0 Å². The van der Waals surface area contributed by atoms with Crippen LogP contribution in [0.3, 0.4) is 0 Å². The lowest BCUT2D eigenvalue weighted by molar-refractivity contribution is 0.0322. The molecule has 18 heavy (non-hydrogen) atoms. The number of nitrogens with two attached hydrogens (primary N) is 2. The number of anilines is 2. The van der Waals surface area contributed by atoms with Crippen molar-refractivity contribution in [2.75, 3.05) is 50.9 Å². The smallest absolute Gasteiger partial charge is 0.135 e. The van der Waals surface area contributed by atoms with E-state index in [0.29, 0.717) is 18.0 Å². The highest BCUT2D eigenvalue weighted by Crippen LogP contribution is 2.31. The van der Waals surface area contributed by atoms with Crippen LogP contribution in [0.5, 0.6) is 5.75 Å². The zero-order valence-corrected chi connectivity index (χ0v) is 11.8. The number of hydrogen-bond donors (Lipinski definition) is 2. The Morgan fingerprint density at radius 3 is 2.61 bits per heavy atom. The van der Waals surface area contributed by atoms with E-state index in [0.717, 1.165) is 43.1 Å². The van der Waals surface area contributed by atoms with Gasteiger partial charge < -0.3 is 20.9 Å². The summed E-state index contributed by atoms with van der Waals surface area (Å²) in [4.78, 5) is 2.32. The van der Waals surface area contributed by atoms with Crippen LogP contribution in [0.2, 0.25) is 0 Å². The first-order valence-electron chi connectivity index (χ1n) is 5.94. The molecule has 0 unspecified atom stereocenters. The number of nitrogen functional groups attached to an aromatic ring is 2. The van der Waals surface area contributed by atoms with Gasteiger partial charge in [-0.3, -0.25) is 4.90 Å². The monoisotopic (exact) mass is 315 g/mol. The molecule has 1 aromatic carbocycles. The summed E-state index contributed by atoms with van der Waals surface area (Å²) < 4.78 is 11.8. The summed E-state index contributed by atoms with van der Waals surface area (Å²) in [6.07, 6.45) is 0. The Hall–Kier alpha value is -0.980. The van der Waals surface area contributed by atoms with Gasteiger partial charge in [0.25, 0.3) is 0 Å². The third-order valence-corrected chi connectivity index (χ3v) is 3.53. The highest BCUT2D eigenvalue weighted by molar-refractivity contribution is 9.10. The zero-order chi connectivity index (χ0) is 13.0. The summed E-state index contributed by atoms with van der Waals surface area (Å²) in [5.41, 5.74) is 12.6. The predicted octanol–water partition coefficient (Wildman–Crippen LogP) is 1.32. The van der Waals surface area contributed by atoms with E-state index in [2.05, 4.69) is 20.8 Å². The summed E-state index contributed by atoms with van der Waals surface area (Å²) in [5, 5.41) is 0. The quantitative estimate of drug-likeness (QED) is 0.820. The van der Waals surface area contributed by atoms with Crippen molar-refractivity contribution in [2.45, 2.75) is 0 Å². The molecule has 1 saturated heterocycles. The lowest BCUT2D eigenvalue weighted by Crippen LogP contribution is -2.38. The van der Waals surface area contributed by atoms with Crippen LogP contribution in [0.1, 0.15) is 0 Å². The first-order valence-corrected chi connectivity index (χ1v) is 6.73. The van der Waals surface area contributed by atoms with Gasteiger partial charge in [0, 0.05) is 25.7 Å². The molecule has 1 fully saturated rings. The first kappa shape index (κ1) is 13.5. The van der Waals surface area contributed by atoms with Gasteiger partial charge in [0.05, 0.1) is 29.1 Å². The Morgan fingerprint density at radius 2 is 1.89 bits per heavy atom. The third-order valence-electron chi connectivity index (χ3n) is 2.91. The second kappa shape index (κ2) is 6.26. The molecular formula is C12H18BrN3O2. The number of halogens is 1. The van der Waals surface area contributed by atoms with Gasteiger partial charge in [-0.05, 0) is 22.0 Å². The number of morpholine rings is 1. The molecule has 5 nitrogen and oxygen atoms in total. The van der Waals surface area contributed by atoms with E-state index in [1.807, 2.05) is 0 Å². The fourth-order valence-corrected chi connectivity index (χ4v) is 2.28. The zero-order valence-electron chi connectivity index (χ0n) is 10.2. The summed E-state index contributed by atoms with van der Waals surface area (Å²) in [5.74, 6) is 0.731. The first-order chi connectivity index (χ1) is 8.66. The van der Waals surface area contributed by atoms with Gasteiger partial charge >= 0.3 is 0 Å². The number of benzene rings is 1. The molecule has 0 aromatic heterocycles. The van der Waals surface area contributed by atoms with Gasteiger partial charge in [-0.25, -0.2) is 0 Å². The number of rotatable bonds is 4. The van der Waals surface area contributed by atoms with Gasteiger partial charge in [0.2, 0.25) is 0 Å². The fourth-order valence-electron chi connectivity index (χ4n) is 1.80. The lowest BCUT2D eigenvalue weighted by Gasteiger charge is -2.26. The van der Waals surface area contributed by atoms with Crippen molar-refractivity contribution in [3.05, 3.63) is 16.6 Å². The van der Waals surface area contributed by atoms with Crippen LogP contribution in [-0.2, 0) is 4.74 Å². The van der Waals surface area contributed by atoms with Crippen LogP contribution in [0, 0.1) is 0 Å². The maximum absolute atomic E-state index is 5.75. The predicted molar refractivity (Wildman–Crippen MR) is 75.7 cm³/mol. The average Bonchev–Trinajstić information content (AvgIpc) is 2.37. The standard InChI is InChI=1S/C12H18BrN3O2/c13-9-7-10(14)11(15)8-12(9)18-6-3-16-1-4-17-5-2-16/h7-8H,1-6,14-15H2. The highest BCUT2D eigenvalue weighted by atomic mass is 79.9. The second-order valence-corrected chi connectivity index (χ2v) is 5.07. The van der Waals surface area contributed by atoms with Gasteiger partial charge in [-0.15, -0.1) is 0 Å². The van der Waals surface area contributed by atoms with Crippen LogP contribution in [-0.4, -0.2) is 44.4 Å². The number of hydrogen-bond acceptors (Lipinski definition) is 5. The van der Waals surface area contributed by atoms with Crippen molar-refractivity contribution in [3.63, 3.8) is 0 Å². The maximum atomic E-state index is 5.75. The van der Waals surface area contributed by atoms with Crippen LogP contribution >= 0.6 is 15.9 Å². The Morgan fingerprint density at radius 1 is 1.22 bits per heavy atom. The second-order valence-electron chi connectivity index (χ2n) is 4.21. The van der Waals surface area contributed by atoms with Gasteiger partial charge in [-0.2, -0.15) is 0 Å². The summed E-state index contributed by atoms with van der Waals surface area (Å²) in [7, 11) is 0. The molecule has 0 amide bonds. The van der Waals surface area contributed by atoms with E-state index in [1.54, 1.807) is 12.1 Å². The Balaban J connectivity index is 1.84. The van der Waals surface area contributed by atoms with E-state index in [4.69, 9.17) is 20.9 Å². The Bertz CT molecular complexity index is 409. The fraction of sp³-hybridized carbons (Fsp3) is 0.500. The van der Waals surface area contributed by atoms with Gasteiger partial charge in [-0.1, -0.05) is 0 Å². The molecule has 0 radical (unpaired) electrons. The Labute approximate surface area is 115 Å².